The second kappa shape index (κ2) is 13.5. The number of hydrogen-bond donors (Lipinski definition) is 1. The SMILES string of the molecule is C=C[C@@H]1C[C@]1(CC(=O)[C@@H]1C[C@@H](Oc2cc(-n3cccn3)nc3c(Cl)c(OC)ccc23)CN1C(=O)[C@@H](CC(=O)OC1C[C@@H]2C[C@@H]2C1)C(C)(C)C)C(=O)O. The van der Waals surface area contributed by atoms with E-state index in [0.29, 0.717) is 46.5 Å². The van der Waals surface area contributed by atoms with Crippen molar-refractivity contribution in [2.75, 3.05) is 13.7 Å². The number of Topliss-reactive ketones (excluding diaryl/α,β-unsaturated/α-hetero) is 1. The first-order chi connectivity index (χ1) is 24.7. The van der Waals surface area contributed by atoms with Gasteiger partial charge in [-0.1, -0.05) is 38.4 Å². The first-order valence-electron chi connectivity index (χ1n) is 17.9. The van der Waals surface area contributed by atoms with Gasteiger partial charge in [-0.05, 0) is 67.1 Å². The number of pyridine rings is 1. The lowest BCUT2D eigenvalue weighted by Crippen LogP contribution is -2.48. The van der Waals surface area contributed by atoms with Crippen molar-refractivity contribution in [1.82, 2.24) is 19.7 Å². The predicted octanol–water partition coefficient (Wildman–Crippen LogP) is 6.06. The van der Waals surface area contributed by atoms with Crippen LogP contribution >= 0.6 is 11.6 Å². The molecule has 1 amide bonds. The molecule has 0 bridgehead atoms. The average Bonchev–Trinajstić information content (AvgIpc) is 3.71. The van der Waals surface area contributed by atoms with Gasteiger partial charge in [-0.2, -0.15) is 5.10 Å². The van der Waals surface area contributed by atoms with Crippen LogP contribution in [0.1, 0.15) is 65.7 Å². The predicted molar refractivity (Wildman–Crippen MR) is 191 cm³/mol. The van der Waals surface area contributed by atoms with Gasteiger partial charge in [0.15, 0.2) is 11.6 Å². The molecule has 4 aliphatic rings. The second-order valence-electron chi connectivity index (χ2n) is 16.0. The number of amides is 1. The number of likely N-dealkylation sites (tertiary alicyclic amines) is 1. The zero-order chi connectivity index (χ0) is 37.1. The standard InChI is InChI=1S/C39H45ClN4O8/c1-6-23-18-39(23,37(48)49)19-29(45)28-15-25(20-43(28)36(47)27(38(2,3)4)16-33(46)52-24-13-21-12-22(21)14-24)51-31-17-32(44-11-7-10-41-44)42-35-26(31)8-9-30(50-5)34(35)40/h6-11,17,21-25,27-28H,1,12-16,18-20H2,2-5H3,(H,48,49)/t21-,22+,23-,24?,25-,27-,28+,39-/m1/s1. The fraction of sp³-hybridized carbons (Fsp3) is 0.538. The van der Waals surface area contributed by atoms with Gasteiger partial charge in [0.25, 0.3) is 0 Å². The number of carboxylic acids is 1. The molecule has 0 spiro atoms. The molecule has 4 fully saturated rings. The number of aromatic nitrogens is 3. The fourth-order valence-electron chi connectivity index (χ4n) is 8.30. The third-order valence-electron chi connectivity index (χ3n) is 11.5. The van der Waals surface area contributed by atoms with Gasteiger partial charge >= 0.3 is 11.9 Å². The van der Waals surface area contributed by atoms with Crippen molar-refractivity contribution in [3.05, 3.63) is 54.3 Å². The Labute approximate surface area is 307 Å². The normalized spacial score (nSPS) is 28.2. The van der Waals surface area contributed by atoms with E-state index in [1.54, 1.807) is 47.4 Å². The highest BCUT2D eigenvalue weighted by Crippen LogP contribution is 2.57. The summed E-state index contributed by atoms with van der Waals surface area (Å²) in [7, 11) is 1.51. The number of carbonyl (C=O) groups is 4. The molecule has 1 saturated heterocycles. The van der Waals surface area contributed by atoms with Crippen molar-refractivity contribution in [3.8, 4) is 17.3 Å². The minimum Gasteiger partial charge on any atom is -0.495 e. The molecule has 2 aromatic heterocycles. The van der Waals surface area contributed by atoms with E-state index in [2.05, 4.69) is 11.7 Å². The number of esters is 1. The molecule has 52 heavy (non-hydrogen) atoms. The van der Waals surface area contributed by atoms with Crippen LogP contribution in [0.4, 0.5) is 0 Å². The molecule has 8 atom stereocenters. The maximum Gasteiger partial charge on any atom is 0.310 e. The van der Waals surface area contributed by atoms with E-state index in [9.17, 15) is 24.3 Å². The van der Waals surface area contributed by atoms with Crippen LogP contribution in [0.25, 0.3) is 16.7 Å². The van der Waals surface area contributed by atoms with Crippen LogP contribution in [0.15, 0.2) is 49.3 Å². The van der Waals surface area contributed by atoms with Crippen LogP contribution in [0.3, 0.4) is 0 Å². The summed E-state index contributed by atoms with van der Waals surface area (Å²) in [5.41, 5.74) is -1.48. The topological polar surface area (TPSA) is 150 Å². The molecule has 1 aromatic carbocycles. The van der Waals surface area contributed by atoms with Gasteiger partial charge in [0.1, 0.15) is 28.7 Å². The highest BCUT2D eigenvalue weighted by molar-refractivity contribution is 6.36. The lowest BCUT2D eigenvalue weighted by molar-refractivity contribution is -0.157. The number of ketones is 1. The number of methoxy groups -OCH3 is 1. The van der Waals surface area contributed by atoms with E-state index >= 15 is 0 Å². The smallest absolute Gasteiger partial charge is 0.310 e. The average molecular weight is 733 g/mol. The molecule has 3 aromatic rings. The molecule has 12 nitrogen and oxygen atoms in total. The number of halogens is 1. The van der Waals surface area contributed by atoms with E-state index < -0.39 is 40.8 Å². The van der Waals surface area contributed by atoms with Crippen molar-refractivity contribution in [3.63, 3.8) is 0 Å². The Bertz CT molecular complexity index is 1910. The van der Waals surface area contributed by atoms with Crippen LogP contribution in [0.5, 0.6) is 11.5 Å². The second-order valence-corrected chi connectivity index (χ2v) is 16.4. The van der Waals surface area contributed by atoms with Gasteiger partial charge in [0.05, 0.1) is 43.0 Å². The quantitative estimate of drug-likeness (QED) is 0.162. The first kappa shape index (κ1) is 35.9. The lowest BCUT2D eigenvalue weighted by atomic mass is 9.77. The van der Waals surface area contributed by atoms with E-state index in [1.165, 1.54) is 18.4 Å². The highest BCUT2D eigenvalue weighted by Gasteiger charge is 2.61. The van der Waals surface area contributed by atoms with Crippen LogP contribution < -0.4 is 9.47 Å². The monoisotopic (exact) mass is 732 g/mol. The van der Waals surface area contributed by atoms with Gasteiger partial charge in [-0.3, -0.25) is 19.2 Å². The number of benzene rings is 1. The summed E-state index contributed by atoms with van der Waals surface area (Å²) in [5.74, 6) is -0.803. The number of nitrogens with zero attached hydrogens (tertiary/aromatic N) is 4. The summed E-state index contributed by atoms with van der Waals surface area (Å²) in [5, 5.41) is 15.3. The first-order valence-corrected chi connectivity index (χ1v) is 18.3. The number of rotatable bonds is 13. The Kier molecular flexibility index (Phi) is 9.34. The maximum absolute atomic E-state index is 14.6. The summed E-state index contributed by atoms with van der Waals surface area (Å²) >= 11 is 6.73. The van der Waals surface area contributed by atoms with Crippen molar-refractivity contribution < 1.29 is 38.5 Å². The minimum absolute atomic E-state index is 0.0403. The number of carboxylic acid groups (broad SMARTS) is 1. The maximum atomic E-state index is 14.6. The van der Waals surface area contributed by atoms with Crippen molar-refractivity contribution in [2.24, 2.45) is 34.5 Å². The number of hydrogen-bond acceptors (Lipinski definition) is 9. The number of aliphatic carboxylic acids is 1. The summed E-state index contributed by atoms with van der Waals surface area (Å²) in [6.07, 6.45) is 7.13. The Morgan fingerprint density at radius 1 is 1.12 bits per heavy atom. The third kappa shape index (κ3) is 6.77. The van der Waals surface area contributed by atoms with Crippen LogP contribution in [0, 0.1) is 34.5 Å². The van der Waals surface area contributed by atoms with Crippen molar-refractivity contribution >= 4 is 46.1 Å². The molecule has 1 aliphatic heterocycles. The molecular weight excluding hydrogens is 688 g/mol. The molecule has 1 N–H and O–H groups in total. The largest absolute Gasteiger partial charge is 0.495 e. The highest BCUT2D eigenvalue weighted by atomic mass is 35.5. The Morgan fingerprint density at radius 3 is 2.48 bits per heavy atom. The third-order valence-corrected chi connectivity index (χ3v) is 11.9. The number of carbonyl (C=O) groups excluding carboxylic acids is 3. The van der Waals surface area contributed by atoms with E-state index in [-0.39, 0.29) is 54.5 Å². The fourth-order valence-corrected chi connectivity index (χ4v) is 8.58. The summed E-state index contributed by atoms with van der Waals surface area (Å²) in [6.45, 7) is 9.48. The molecule has 1 unspecified atom stereocenters. The van der Waals surface area contributed by atoms with Gasteiger partial charge in [-0.15, -0.1) is 6.58 Å². The molecule has 3 heterocycles. The summed E-state index contributed by atoms with van der Waals surface area (Å²) in [6, 6.07) is 6.00. The minimum atomic E-state index is -1.25. The van der Waals surface area contributed by atoms with Crippen LogP contribution in [-0.2, 0) is 23.9 Å². The molecule has 3 saturated carbocycles. The van der Waals surface area contributed by atoms with E-state index in [0.717, 1.165) is 12.8 Å². The Balaban J connectivity index is 1.19. The molecule has 7 rings (SSSR count). The van der Waals surface area contributed by atoms with Gasteiger partial charge in [-0.25, -0.2) is 9.67 Å². The lowest BCUT2D eigenvalue weighted by Gasteiger charge is -2.35. The molecule has 13 heteroatoms. The zero-order valence-electron chi connectivity index (χ0n) is 29.9. The molecule has 276 valence electrons. The van der Waals surface area contributed by atoms with Gasteiger partial charge in [0.2, 0.25) is 5.91 Å². The zero-order valence-corrected chi connectivity index (χ0v) is 30.7. The number of fused-ring (bicyclic) bond motifs is 2. The summed E-state index contributed by atoms with van der Waals surface area (Å²) < 4.78 is 19.5. The molecule has 0 radical (unpaired) electrons. The van der Waals surface area contributed by atoms with Crippen LogP contribution in [-0.4, -0.2) is 80.3 Å². The summed E-state index contributed by atoms with van der Waals surface area (Å²) in [4.78, 5) is 60.7. The number of ether oxygens (including phenoxy) is 3. The van der Waals surface area contributed by atoms with Crippen molar-refractivity contribution in [2.45, 2.75) is 84.0 Å². The van der Waals surface area contributed by atoms with Gasteiger partial charge in [0, 0.05) is 36.7 Å². The number of allylic oxidation sites excluding steroid dienone is 1. The van der Waals surface area contributed by atoms with Gasteiger partial charge < -0.3 is 24.2 Å². The molecular formula is C39H45ClN4O8. The molecule has 3 aliphatic carbocycles. The van der Waals surface area contributed by atoms with E-state index in [1.807, 2.05) is 20.8 Å². The van der Waals surface area contributed by atoms with Crippen molar-refractivity contribution in [1.29, 1.82) is 0 Å². The Hall–Kier alpha value is -4.45. The van der Waals surface area contributed by atoms with Crippen LogP contribution in [0.2, 0.25) is 5.02 Å². The Morgan fingerprint density at radius 2 is 1.87 bits per heavy atom. The van der Waals surface area contributed by atoms with E-state index in [4.69, 9.17) is 30.8 Å².